The molecular formula is C27H26N2O7. The first-order valence-corrected chi connectivity index (χ1v) is 11.8. The normalized spacial score (nSPS) is 14.5. The number of rotatable bonds is 7. The molecule has 36 heavy (non-hydrogen) atoms. The minimum Gasteiger partial charge on any atom is -0.508 e. The number of ether oxygens (including phenoxy) is 1. The molecule has 4 aromatic rings. The number of carboxylic acids is 1. The largest absolute Gasteiger partial charge is 0.508 e. The highest BCUT2D eigenvalue weighted by Crippen LogP contribution is 2.33. The number of aromatic amines is 1. The zero-order valence-corrected chi connectivity index (χ0v) is 19.9. The first-order chi connectivity index (χ1) is 17.2. The first-order valence-electron chi connectivity index (χ1n) is 11.8. The molecule has 0 radical (unpaired) electrons. The fraction of sp³-hybridized carbons (Fsp3) is 0.296. The third kappa shape index (κ3) is 4.17. The lowest BCUT2D eigenvalue weighted by Crippen LogP contribution is -2.47. The Balaban J connectivity index is 1.33. The predicted molar refractivity (Wildman–Crippen MR) is 133 cm³/mol. The van der Waals surface area contributed by atoms with Crippen molar-refractivity contribution in [1.29, 1.82) is 0 Å². The van der Waals surface area contributed by atoms with Crippen molar-refractivity contribution in [2.75, 3.05) is 0 Å². The van der Waals surface area contributed by atoms with Gasteiger partial charge in [-0.05, 0) is 74.6 Å². The van der Waals surface area contributed by atoms with Gasteiger partial charge in [-0.3, -0.25) is 4.79 Å². The third-order valence-electron chi connectivity index (χ3n) is 6.80. The number of aryl methyl sites for hydroxylation is 2. The number of hydrogen-bond acceptors (Lipinski definition) is 6. The van der Waals surface area contributed by atoms with Crippen molar-refractivity contribution in [3.05, 3.63) is 69.2 Å². The summed E-state index contributed by atoms with van der Waals surface area (Å²) in [6, 6.07) is 7.15. The number of carbonyl (C=O) groups is 2. The van der Waals surface area contributed by atoms with E-state index in [2.05, 4.69) is 10.3 Å². The molecule has 2 atom stereocenters. The summed E-state index contributed by atoms with van der Waals surface area (Å²) in [5.74, 6) is -1.35. The maximum atomic E-state index is 12.9. The Bertz CT molecular complexity index is 1570. The van der Waals surface area contributed by atoms with Crippen LogP contribution in [0.4, 0.5) is 0 Å². The van der Waals surface area contributed by atoms with Gasteiger partial charge in [-0.25, -0.2) is 9.59 Å². The zero-order chi connectivity index (χ0) is 25.6. The number of carbonyl (C=O) groups excluding carboxylic acids is 1. The Morgan fingerprint density at radius 1 is 1.17 bits per heavy atom. The van der Waals surface area contributed by atoms with Gasteiger partial charge in [0.25, 0.3) is 5.91 Å². The number of fused-ring (bicyclic) bond motifs is 4. The molecular weight excluding hydrogens is 464 g/mol. The molecule has 0 bridgehead atoms. The lowest BCUT2D eigenvalue weighted by atomic mass is 10.0. The Labute approximate surface area is 205 Å². The van der Waals surface area contributed by atoms with Crippen molar-refractivity contribution < 1.29 is 29.0 Å². The van der Waals surface area contributed by atoms with Gasteiger partial charge in [-0.2, -0.15) is 0 Å². The van der Waals surface area contributed by atoms with Crippen LogP contribution in [0.3, 0.4) is 0 Å². The van der Waals surface area contributed by atoms with Crippen LogP contribution in [0, 0.1) is 6.92 Å². The van der Waals surface area contributed by atoms with Gasteiger partial charge < -0.3 is 29.7 Å². The molecule has 1 aliphatic rings. The number of amides is 1. The summed E-state index contributed by atoms with van der Waals surface area (Å²) in [5, 5.41) is 23.6. The van der Waals surface area contributed by atoms with Gasteiger partial charge in [0.15, 0.2) is 6.10 Å². The summed E-state index contributed by atoms with van der Waals surface area (Å²) in [6.07, 6.45) is 3.13. The molecule has 2 aromatic heterocycles. The minimum absolute atomic E-state index is 0.0164. The first kappa shape index (κ1) is 23.5. The molecule has 9 nitrogen and oxygen atoms in total. The van der Waals surface area contributed by atoms with E-state index in [4.69, 9.17) is 9.15 Å². The van der Waals surface area contributed by atoms with E-state index in [0.717, 1.165) is 34.9 Å². The Morgan fingerprint density at radius 3 is 2.72 bits per heavy atom. The van der Waals surface area contributed by atoms with Crippen molar-refractivity contribution in [2.24, 2.45) is 0 Å². The standard InChI is InChI=1S/C27H26N2O7/c1-13-23(9-7-18-17-4-3-5-19(17)27(34)36-24(13)18)35-14(2)25(31)29-22(26(32)33)10-15-12-28-21-8-6-16(30)11-20(15)21/h6-9,11-12,14,22,28,30H,3-5,10H2,1-2H3,(H,29,31)(H,32,33)/t14-,22-/m1/s1. The highest BCUT2D eigenvalue weighted by Gasteiger charge is 2.27. The summed E-state index contributed by atoms with van der Waals surface area (Å²) in [6.45, 7) is 3.29. The number of aromatic hydroxyl groups is 1. The van der Waals surface area contributed by atoms with E-state index >= 15 is 0 Å². The average Bonchev–Trinajstić information content (AvgIpc) is 3.49. The molecule has 186 valence electrons. The van der Waals surface area contributed by atoms with Crippen molar-refractivity contribution in [3.8, 4) is 11.5 Å². The molecule has 4 N–H and O–H groups in total. The molecule has 5 rings (SSSR count). The fourth-order valence-corrected chi connectivity index (χ4v) is 4.88. The van der Waals surface area contributed by atoms with Gasteiger partial charge in [0.2, 0.25) is 0 Å². The molecule has 2 heterocycles. The quantitative estimate of drug-likeness (QED) is 0.291. The smallest absolute Gasteiger partial charge is 0.339 e. The Morgan fingerprint density at radius 2 is 1.94 bits per heavy atom. The summed E-state index contributed by atoms with van der Waals surface area (Å²) < 4.78 is 11.5. The summed E-state index contributed by atoms with van der Waals surface area (Å²) in [5.41, 5.74) is 3.85. The molecule has 1 aliphatic carbocycles. The van der Waals surface area contributed by atoms with Crippen LogP contribution < -0.4 is 15.7 Å². The predicted octanol–water partition coefficient (Wildman–Crippen LogP) is 3.36. The van der Waals surface area contributed by atoms with Crippen LogP contribution in [-0.2, 0) is 28.9 Å². The SMILES string of the molecule is Cc1c(O[C@H](C)C(=O)N[C@H](Cc2c[nH]c3ccc(O)cc23)C(=O)O)ccc2c3c(c(=O)oc12)CCC3. The second kappa shape index (κ2) is 9.07. The number of H-pyrrole nitrogens is 1. The molecule has 0 spiro atoms. The number of hydrogen-bond donors (Lipinski definition) is 4. The minimum atomic E-state index is -1.21. The van der Waals surface area contributed by atoms with Crippen LogP contribution in [0.1, 0.15) is 35.6 Å². The van der Waals surface area contributed by atoms with E-state index in [-0.39, 0.29) is 17.8 Å². The second-order valence-corrected chi connectivity index (χ2v) is 9.17. The molecule has 0 saturated heterocycles. The van der Waals surface area contributed by atoms with E-state index in [1.165, 1.54) is 13.0 Å². The number of aliphatic carboxylic acids is 1. The summed E-state index contributed by atoms with van der Waals surface area (Å²) >= 11 is 0. The van der Waals surface area contributed by atoms with E-state index in [0.29, 0.717) is 34.3 Å². The number of benzene rings is 2. The van der Waals surface area contributed by atoms with Crippen LogP contribution in [-0.4, -0.2) is 39.2 Å². The average molecular weight is 491 g/mol. The second-order valence-electron chi connectivity index (χ2n) is 9.17. The van der Waals surface area contributed by atoms with E-state index in [9.17, 15) is 24.6 Å². The number of phenols is 1. The van der Waals surface area contributed by atoms with Gasteiger partial charge in [0.1, 0.15) is 23.1 Å². The van der Waals surface area contributed by atoms with E-state index < -0.39 is 24.0 Å². The maximum absolute atomic E-state index is 12.9. The van der Waals surface area contributed by atoms with Crippen LogP contribution >= 0.6 is 0 Å². The Kier molecular flexibility index (Phi) is 5.91. The van der Waals surface area contributed by atoms with Crippen LogP contribution in [0.25, 0.3) is 21.9 Å². The highest BCUT2D eigenvalue weighted by atomic mass is 16.5. The van der Waals surface area contributed by atoms with Crippen molar-refractivity contribution in [2.45, 2.75) is 51.7 Å². The molecule has 0 saturated carbocycles. The van der Waals surface area contributed by atoms with E-state index in [1.807, 2.05) is 6.07 Å². The van der Waals surface area contributed by atoms with Crippen molar-refractivity contribution >= 4 is 33.7 Å². The lowest BCUT2D eigenvalue weighted by molar-refractivity contribution is -0.142. The number of phenolic OH excluding ortho intramolecular Hbond substituents is 1. The molecule has 0 fully saturated rings. The lowest BCUT2D eigenvalue weighted by Gasteiger charge is -2.20. The van der Waals surface area contributed by atoms with Gasteiger partial charge in [-0.15, -0.1) is 0 Å². The molecule has 0 unspecified atom stereocenters. The molecule has 2 aromatic carbocycles. The number of carboxylic acid groups (broad SMARTS) is 1. The maximum Gasteiger partial charge on any atom is 0.339 e. The van der Waals surface area contributed by atoms with Gasteiger partial charge in [0.05, 0.1) is 0 Å². The molecule has 0 aliphatic heterocycles. The van der Waals surface area contributed by atoms with Gasteiger partial charge in [0, 0.05) is 40.0 Å². The summed E-state index contributed by atoms with van der Waals surface area (Å²) in [7, 11) is 0. The van der Waals surface area contributed by atoms with Crippen LogP contribution in [0.2, 0.25) is 0 Å². The topological polar surface area (TPSA) is 142 Å². The van der Waals surface area contributed by atoms with Crippen molar-refractivity contribution in [1.82, 2.24) is 10.3 Å². The number of aromatic nitrogens is 1. The molecule has 1 amide bonds. The van der Waals surface area contributed by atoms with E-state index in [1.54, 1.807) is 31.3 Å². The van der Waals surface area contributed by atoms with Crippen LogP contribution in [0.5, 0.6) is 11.5 Å². The monoisotopic (exact) mass is 490 g/mol. The van der Waals surface area contributed by atoms with Crippen LogP contribution in [0.15, 0.2) is 45.7 Å². The number of nitrogens with one attached hydrogen (secondary N) is 2. The van der Waals surface area contributed by atoms with Gasteiger partial charge in [-0.1, -0.05) is 0 Å². The van der Waals surface area contributed by atoms with Crippen molar-refractivity contribution in [3.63, 3.8) is 0 Å². The van der Waals surface area contributed by atoms with Gasteiger partial charge >= 0.3 is 11.6 Å². The Hall–Kier alpha value is -4.27. The third-order valence-corrected chi connectivity index (χ3v) is 6.80. The molecule has 9 heteroatoms. The fourth-order valence-electron chi connectivity index (χ4n) is 4.88. The highest BCUT2D eigenvalue weighted by molar-refractivity contribution is 5.89. The summed E-state index contributed by atoms with van der Waals surface area (Å²) in [4.78, 5) is 40.2. The zero-order valence-electron chi connectivity index (χ0n) is 19.9.